The Hall–Kier alpha value is -0.0800. The highest BCUT2D eigenvalue weighted by molar-refractivity contribution is 4.88. The van der Waals surface area contributed by atoms with E-state index in [-0.39, 0.29) is 0 Å². The van der Waals surface area contributed by atoms with E-state index in [4.69, 9.17) is 0 Å². The molecule has 2 heteroatoms. The van der Waals surface area contributed by atoms with Crippen molar-refractivity contribution in [1.29, 1.82) is 0 Å². The van der Waals surface area contributed by atoms with E-state index < -0.39 is 0 Å². The van der Waals surface area contributed by atoms with Crippen molar-refractivity contribution in [1.82, 2.24) is 10.2 Å². The lowest BCUT2D eigenvalue weighted by Crippen LogP contribution is -2.36. The predicted octanol–water partition coefficient (Wildman–Crippen LogP) is 3.91. The number of hydrogen-bond acceptors (Lipinski definition) is 2. The molecule has 0 bridgehead atoms. The molecule has 0 aliphatic carbocycles. The minimum atomic E-state index is 0.628. The molecule has 1 aliphatic rings. The zero-order chi connectivity index (χ0) is 14.3. The van der Waals surface area contributed by atoms with Crippen LogP contribution in [0.1, 0.15) is 66.7 Å². The molecule has 1 fully saturated rings. The lowest BCUT2D eigenvalue weighted by molar-refractivity contribution is 0.238. The summed E-state index contributed by atoms with van der Waals surface area (Å²) in [6.07, 6.45) is 6.75. The van der Waals surface area contributed by atoms with Crippen LogP contribution >= 0.6 is 0 Å². The van der Waals surface area contributed by atoms with Gasteiger partial charge in [0.05, 0.1) is 0 Å². The van der Waals surface area contributed by atoms with Gasteiger partial charge in [-0.15, -0.1) is 0 Å². The van der Waals surface area contributed by atoms with E-state index in [9.17, 15) is 0 Å². The molecule has 114 valence electrons. The van der Waals surface area contributed by atoms with Crippen molar-refractivity contribution in [2.75, 3.05) is 26.2 Å². The molecule has 1 aliphatic heterocycles. The zero-order valence-electron chi connectivity index (χ0n) is 14.0. The molecule has 0 aromatic rings. The zero-order valence-corrected chi connectivity index (χ0v) is 14.0. The van der Waals surface area contributed by atoms with Gasteiger partial charge in [0, 0.05) is 25.7 Å². The molecule has 0 saturated carbocycles. The van der Waals surface area contributed by atoms with Gasteiger partial charge in [0.2, 0.25) is 0 Å². The van der Waals surface area contributed by atoms with Gasteiger partial charge in [0.15, 0.2) is 0 Å². The first kappa shape index (κ1) is 17.0. The average Bonchev–Trinajstić information content (AvgIpc) is 2.81. The molecule has 0 amide bonds. The smallest absolute Gasteiger partial charge is 0.0107 e. The molecule has 0 radical (unpaired) electrons. The Labute approximate surface area is 121 Å². The lowest BCUT2D eigenvalue weighted by atomic mass is 9.82. The fraction of sp³-hybridized carbons (Fsp3) is 1.00. The summed E-state index contributed by atoms with van der Waals surface area (Å²) in [4.78, 5) is 2.66. The second kappa shape index (κ2) is 8.26. The summed E-state index contributed by atoms with van der Waals surface area (Å²) >= 11 is 0. The molecule has 1 rings (SSSR count). The van der Waals surface area contributed by atoms with E-state index >= 15 is 0 Å². The summed E-state index contributed by atoms with van der Waals surface area (Å²) in [6, 6.07) is 0.673. The highest BCUT2D eigenvalue weighted by Crippen LogP contribution is 2.36. The van der Waals surface area contributed by atoms with Crippen molar-refractivity contribution in [3.63, 3.8) is 0 Å². The van der Waals surface area contributed by atoms with Crippen LogP contribution in [0.3, 0.4) is 0 Å². The summed E-state index contributed by atoms with van der Waals surface area (Å²) in [6.45, 7) is 16.7. The van der Waals surface area contributed by atoms with Crippen molar-refractivity contribution >= 4 is 0 Å². The van der Waals surface area contributed by atoms with Crippen LogP contribution in [-0.4, -0.2) is 37.1 Å². The summed E-state index contributed by atoms with van der Waals surface area (Å²) in [5, 5.41) is 3.69. The van der Waals surface area contributed by atoms with Crippen LogP contribution in [-0.2, 0) is 0 Å². The average molecular weight is 268 g/mol. The molecular weight excluding hydrogens is 232 g/mol. The minimum Gasteiger partial charge on any atom is -0.313 e. The first-order chi connectivity index (χ1) is 9.01. The van der Waals surface area contributed by atoms with Gasteiger partial charge in [-0.2, -0.15) is 0 Å². The van der Waals surface area contributed by atoms with Gasteiger partial charge >= 0.3 is 0 Å². The SMILES string of the molecule is CCC1(CC)CCN(CCNC(C)CCC(C)C)C1. The van der Waals surface area contributed by atoms with E-state index in [1.165, 1.54) is 51.7 Å². The molecule has 1 unspecified atom stereocenters. The first-order valence-electron chi connectivity index (χ1n) is 8.47. The molecule has 1 heterocycles. The highest BCUT2D eigenvalue weighted by Gasteiger charge is 2.34. The second-order valence-corrected chi connectivity index (χ2v) is 7.06. The predicted molar refractivity (Wildman–Crippen MR) is 85.6 cm³/mol. The van der Waals surface area contributed by atoms with Crippen molar-refractivity contribution < 1.29 is 0 Å². The van der Waals surface area contributed by atoms with Gasteiger partial charge in [0.25, 0.3) is 0 Å². The van der Waals surface area contributed by atoms with E-state index in [0.717, 1.165) is 12.5 Å². The maximum absolute atomic E-state index is 3.69. The topological polar surface area (TPSA) is 15.3 Å². The molecule has 2 nitrogen and oxygen atoms in total. The Kier molecular flexibility index (Phi) is 7.38. The molecule has 1 N–H and O–H groups in total. The van der Waals surface area contributed by atoms with Crippen LogP contribution < -0.4 is 5.32 Å². The van der Waals surface area contributed by atoms with E-state index in [1.54, 1.807) is 0 Å². The normalized spacial score (nSPS) is 21.2. The van der Waals surface area contributed by atoms with E-state index in [0.29, 0.717) is 11.5 Å². The third-order valence-electron chi connectivity index (χ3n) is 5.12. The third kappa shape index (κ3) is 5.83. The van der Waals surface area contributed by atoms with Crippen LogP contribution in [0.25, 0.3) is 0 Å². The Morgan fingerprint density at radius 2 is 1.79 bits per heavy atom. The van der Waals surface area contributed by atoms with Crippen LogP contribution in [0, 0.1) is 11.3 Å². The van der Waals surface area contributed by atoms with Crippen molar-refractivity contribution in [3.8, 4) is 0 Å². The fourth-order valence-electron chi connectivity index (χ4n) is 3.20. The van der Waals surface area contributed by atoms with Crippen LogP contribution in [0.4, 0.5) is 0 Å². The fourth-order valence-corrected chi connectivity index (χ4v) is 3.20. The maximum Gasteiger partial charge on any atom is 0.0107 e. The Morgan fingerprint density at radius 3 is 2.32 bits per heavy atom. The molecule has 0 spiro atoms. The van der Waals surface area contributed by atoms with Gasteiger partial charge in [-0.05, 0) is 56.9 Å². The van der Waals surface area contributed by atoms with E-state index in [1.807, 2.05) is 0 Å². The number of nitrogens with zero attached hydrogens (tertiary/aromatic N) is 1. The molecule has 1 saturated heterocycles. The summed E-state index contributed by atoms with van der Waals surface area (Å²) < 4.78 is 0. The quantitative estimate of drug-likeness (QED) is 0.682. The summed E-state index contributed by atoms with van der Waals surface area (Å²) in [7, 11) is 0. The number of likely N-dealkylation sites (tertiary alicyclic amines) is 1. The Bertz CT molecular complexity index is 233. The summed E-state index contributed by atoms with van der Waals surface area (Å²) in [5.41, 5.74) is 0.628. The maximum atomic E-state index is 3.69. The van der Waals surface area contributed by atoms with Crippen LogP contribution in [0.2, 0.25) is 0 Å². The first-order valence-corrected chi connectivity index (χ1v) is 8.47. The van der Waals surface area contributed by atoms with Crippen molar-refractivity contribution in [2.24, 2.45) is 11.3 Å². The molecule has 19 heavy (non-hydrogen) atoms. The highest BCUT2D eigenvalue weighted by atomic mass is 15.2. The second-order valence-electron chi connectivity index (χ2n) is 7.06. The molecule has 1 atom stereocenters. The third-order valence-corrected chi connectivity index (χ3v) is 5.12. The number of nitrogens with one attached hydrogen (secondary N) is 1. The Morgan fingerprint density at radius 1 is 1.11 bits per heavy atom. The minimum absolute atomic E-state index is 0.628. The lowest BCUT2D eigenvalue weighted by Gasteiger charge is -2.26. The molecule has 0 aromatic heterocycles. The standard InChI is InChI=1S/C17H36N2/c1-6-17(7-2)10-12-19(14-17)13-11-18-16(5)9-8-15(3)4/h15-16,18H,6-14H2,1-5H3. The van der Waals surface area contributed by atoms with Gasteiger partial charge in [-0.3, -0.25) is 0 Å². The Balaban J connectivity index is 2.14. The molecule has 0 aromatic carbocycles. The van der Waals surface area contributed by atoms with Gasteiger partial charge in [0.1, 0.15) is 0 Å². The largest absolute Gasteiger partial charge is 0.313 e. The van der Waals surface area contributed by atoms with Gasteiger partial charge < -0.3 is 10.2 Å². The van der Waals surface area contributed by atoms with Gasteiger partial charge in [-0.1, -0.05) is 27.7 Å². The van der Waals surface area contributed by atoms with Crippen molar-refractivity contribution in [3.05, 3.63) is 0 Å². The van der Waals surface area contributed by atoms with Crippen LogP contribution in [0.5, 0.6) is 0 Å². The number of rotatable bonds is 9. The van der Waals surface area contributed by atoms with Gasteiger partial charge in [-0.25, -0.2) is 0 Å². The molecular formula is C17H36N2. The van der Waals surface area contributed by atoms with Crippen molar-refractivity contribution in [2.45, 2.75) is 72.8 Å². The summed E-state index contributed by atoms with van der Waals surface area (Å²) in [5.74, 6) is 0.831. The number of hydrogen-bond donors (Lipinski definition) is 1. The monoisotopic (exact) mass is 268 g/mol. The van der Waals surface area contributed by atoms with E-state index in [2.05, 4.69) is 44.8 Å². The van der Waals surface area contributed by atoms with Crippen LogP contribution in [0.15, 0.2) is 0 Å².